The summed E-state index contributed by atoms with van der Waals surface area (Å²) in [6.07, 6.45) is 3.35. The van der Waals surface area contributed by atoms with Crippen molar-refractivity contribution in [3.05, 3.63) is 86.8 Å². The topological polar surface area (TPSA) is 25.4 Å². The average molecular weight is 554 g/mol. The average Bonchev–Trinajstić information content (AvgIpc) is 2.80. The zero-order chi connectivity index (χ0) is 26.0. The van der Waals surface area contributed by atoms with E-state index in [9.17, 15) is 0 Å². The monoisotopic (exact) mass is 552 g/mol. The molecule has 1 aromatic heterocycles. The normalized spacial score (nSPS) is 14.1. The van der Waals surface area contributed by atoms with Gasteiger partial charge in [-0.15, -0.1) is 0 Å². The van der Waals surface area contributed by atoms with E-state index >= 15 is 4.39 Å². The Kier molecular flexibility index (Phi) is 8.39. The lowest BCUT2D eigenvalue weighted by Crippen LogP contribution is -2.54. The molecule has 1 aliphatic heterocycles. The first-order chi connectivity index (χ1) is 17.1. The van der Waals surface area contributed by atoms with Crippen molar-refractivity contribution in [3.8, 4) is 5.75 Å². The third kappa shape index (κ3) is 5.94. The molecule has 0 amide bonds. The standard InChI is InChI=1S/C31H38BrFN2O/c1-19(2)27-13-10-23(30(20(3)4)31(27)21(5)6)8-7-22-9-12-25(15-28(22)33)36-26-17-35(18-26)29-14-11-24(32)16-34-29/h9-16,19-21,26H,7-8,17-18H2,1-6H3. The van der Waals surface area contributed by atoms with Gasteiger partial charge in [0.15, 0.2) is 0 Å². The molecule has 0 spiro atoms. The van der Waals surface area contributed by atoms with E-state index in [1.165, 1.54) is 22.3 Å². The summed E-state index contributed by atoms with van der Waals surface area (Å²) in [6.45, 7) is 15.1. The number of pyridine rings is 1. The largest absolute Gasteiger partial charge is 0.487 e. The second-order valence-corrected chi connectivity index (χ2v) is 11.8. The number of rotatable bonds is 9. The first-order valence-corrected chi connectivity index (χ1v) is 13.9. The number of hydrogen-bond donors (Lipinski definition) is 0. The molecule has 1 saturated heterocycles. The summed E-state index contributed by atoms with van der Waals surface area (Å²) in [5.41, 5.74) is 6.45. The van der Waals surface area contributed by atoms with Gasteiger partial charge in [0.2, 0.25) is 0 Å². The van der Waals surface area contributed by atoms with Gasteiger partial charge in [-0.05, 0) is 92.5 Å². The zero-order valence-electron chi connectivity index (χ0n) is 22.3. The van der Waals surface area contributed by atoms with Crippen LogP contribution in [0.15, 0.2) is 53.1 Å². The molecular weight excluding hydrogens is 515 g/mol. The highest BCUT2D eigenvalue weighted by Crippen LogP contribution is 2.36. The van der Waals surface area contributed by atoms with E-state index in [0.29, 0.717) is 29.9 Å². The fourth-order valence-corrected chi connectivity index (χ4v) is 5.50. The van der Waals surface area contributed by atoms with E-state index < -0.39 is 0 Å². The van der Waals surface area contributed by atoms with Crippen molar-refractivity contribution >= 4 is 21.7 Å². The molecule has 0 unspecified atom stereocenters. The number of ether oxygens (including phenoxy) is 1. The van der Waals surface area contributed by atoms with Crippen molar-refractivity contribution in [2.75, 3.05) is 18.0 Å². The lowest BCUT2D eigenvalue weighted by atomic mass is 9.79. The number of benzene rings is 2. The van der Waals surface area contributed by atoms with Crippen LogP contribution in [0.1, 0.15) is 87.1 Å². The van der Waals surface area contributed by atoms with Gasteiger partial charge in [-0.1, -0.05) is 59.7 Å². The SMILES string of the molecule is CC(C)c1ccc(CCc2ccc(OC3CN(c4ccc(Br)cn4)C3)cc2F)c(C(C)C)c1C(C)C. The molecule has 1 fully saturated rings. The van der Waals surface area contributed by atoms with Gasteiger partial charge in [0, 0.05) is 16.7 Å². The van der Waals surface area contributed by atoms with Crippen LogP contribution < -0.4 is 9.64 Å². The summed E-state index contributed by atoms with van der Waals surface area (Å²) in [7, 11) is 0. The van der Waals surface area contributed by atoms with E-state index in [2.05, 4.69) is 79.5 Å². The molecule has 1 aliphatic rings. The van der Waals surface area contributed by atoms with Crippen molar-refractivity contribution in [3.63, 3.8) is 0 Å². The molecule has 2 heterocycles. The van der Waals surface area contributed by atoms with Gasteiger partial charge in [-0.3, -0.25) is 0 Å². The van der Waals surface area contributed by atoms with Crippen LogP contribution in [0.5, 0.6) is 5.75 Å². The highest BCUT2D eigenvalue weighted by Gasteiger charge is 2.29. The van der Waals surface area contributed by atoms with E-state index in [-0.39, 0.29) is 11.9 Å². The third-order valence-electron chi connectivity index (χ3n) is 7.06. The minimum absolute atomic E-state index is 0.0447. The van der Waals surface area contributed by atoms with Gasteiger partial charge >= 0.3 is 0 Å². The van der Waals surface area contributed by atoms with Gasteiger partial charge in [0.05, 0.1) is 13.1 Å². The van der Waals surface area contributed by atoms with Gasteiger partial charge in [-0.2, -0.15) is 0 Å². The highest BCUT2D eigenvalue weighted by molar-refractivity contribution is 9.10. The van der Waals surface area contributed by atoms with Crippen LogP contribution in [0.25, 0.3) is 0 Å². The number of anilines is 1. The molecular formula is C31H38BrFN2O. The molecule has 0 saturated carbocycles. The number of aryl methyl sites for hydroxylation is 2. The quantitative estimate of drug-likeness (QED) is 0.266. The summed E-state index contributed by atoms with van der Waals surface area (Å²) in [5, 5.41) is 0. The first kappa shape index (κ1) is 26.7. The van der Waals surface area contributed by atoms with Crippen molar-refractivity contribution in [1.82, 2.24) is 4.98 Å². The van der Waals surface area contributed by atoms with Crippen LogP contribution >= 0.6 is 15.9 Å². The Hall–Kier alpha value is -2.40. The maximum Gasteiger partial charge on any atom is 0.134 e. The van der Waals surface area contributed by atoms with Crippen LogP contribution in [0, 0.1) is 5.82 Å². The van der Waals surface area contributed by atoms with Crippen LogP contribution in [0.2, 0.25) is 0 Å². The predicted octanol–water partition coefficient (Wildman–Crippen LogP) is 8.41. The molecule has 2 aromatic carbocycles. The molecule has 0 radical (unpaired) electrons. The predicted molar refractivity (Wildman–Crippen MR) is 151 cm³/mol. The Morgan fingerprint density at radius 3 is 2.14 bits per heavy atom. The zero-order valence-corrected chi connectivity index (χ0v) is 23.9. The number of nitrogens with zero attached hydrogens (tertiary/aromatic N) is 2. The highest BCUT2D eigenvalue weighted by atomic mass is 79.9. The summed E-state index contributed by atoms with van der Waals surface area (Å²) in [5.74, 6) is 2.74. The smallest absolute Gasteiger partial charge is 0.134 e. The summed E-state index contributed by atoms with van der Waals surface area (Å²) in [6, 6.07) is 13.9. The molecule has 0 atom stereocenters. The number of hydrogen-bond acceptors (Lipinski definition) is 3. The van der Waals surface area contributed by atoms with E-state index in [0.717, 1.165) is 35.4 Å². The van der Waals surface area contributed by atoms with Crippen LogP contribution in [-0.2, 0) is 12.8 Å². The van der Waals surface area contributed by atoms with Gasteiger partial charge in [-0.25, -0.2) is 9.37 Å². The van der Waals surface area contributed by atoms with E-state index in [4.69, 9.17) is 4.74 Å². The van der Waals surface area contributed by atoms with Gasteiger partial charge in [0.25, 0.3) is 0 Å². The minimum Gasteiger partial charge on any atom is -0.487 e. The lowest BCUT2D eigenvalue weighted by molar-refractivity contribution is 0.166. The number of aromatic nitrogens is 1. The second-order valence-electron chi connectivity index (χ2n) is 10.8. The molecule has 0 N–H and O–H groups in total. The fraction of sp³-hybridized carbons (Fsp3) is 0.452. The molecule has 192 valence electrons. The van der Waals surface area contributed by atoms with Crippen molar-refractivity contribution < 1.29 is 9.13 Å². The molecule has 3 nitrogen and oxygen atoms in total. The minimum atomic E-state index is -0.188. The van der Waals surface area contributed by atoms with Crippen LogP contribution in [0.3, 0.4) is 0 Å². The maximum atomic E-state index is 15.0. The molecule has 3 aromatic rings. The van der Waals surface area contributed by atoms with E-state index in [1.54, 1.807) is 12.3 Å². The summed E-state index contributed by atoms with van der Waals surface area (Å²) < 4.78 is 22.0. The third-order valence-corrected chi connectivity index (χ3v) is 7.53. The lowest BCUT2D eigenvalue weighted by Gasteiger charge is -2.39. The second kappa shape index (κ2) is 11.3. The Morgan fingerprint density at radius 1 is 0.889 bits per heavy atom. The van der Waals surface area contributed by atoms with Crippen LogP contribution in [-0.4, -0.2) is 24.2 Å². The Bertz CT molecular complexity index is 1180. The van der Waals surface area contributed by atoms with Gasteiger partial charge < -0.3 is 9.64 Å². The van der Waals surface area contributed by atoms with Crippen molar-refractivity contribution in [2.45, 2.75) is 78.2 Å². The molecule has 36 heavy (non-hydrogen) atoms. The van der Waals surface area contributed by atoms with Crippen molar-refractivity contribution in [1.29, 1.82) is 0 Å². The summed E-state index contributed by atoms with van der Waals surface area (Å²) >= 11 is 3.41. The number of halogens is 2. The Balaban J connectivity index is 1.41. The fourth-order valence-electron chi connectivity index (χ4n) is 5.27. The molecule has 0 bridgehead atoms. The van der Waals surface area contributed by atoms with Crippen molar-refractivity contribution in [2.24, 2.45) is 0 Å². The Morgan fingerprint density at radius 2 is 1.56 bits per heavy atom. The van der Waals surface area contributed by atoms with Gasteiger partial charge in [0.1, 0.15) is 23.5 Å². The first-order valence-electron chi connectivity index (χ1n) is 13.1. The molecule has 4 rings (SSSR count). The molecule has 0 aliphatic carbocycles. The maximum absolute atomic E-state index is 15.0. The van der Waals surface area contributed by atoms with E-state index in [1.807, 2.05) is 24.3 Å². The Labute approximate surface area is 224 Å². The summed E-state index contributed by atoms with van der Waals surface area (Å²) in [4.78, 5) is 6.58. The molecule has 5 heteroatoms. The van der Waals surface area contributed by atoms with Crippen LogP contribution in [0.4, 0.5) is 10.2 Å².